The zero-order valence-electron chi connectivity index (χ0n) is 14.2. The first-order valence-electron chi connectivity index (χ1n) is 8.06. The number of carbonyl (C=O) groups excluding carboxylic acids is 1. The van der Waals surface area contributed by atoms with Crippen LogP contribution in [0.1, 0.15) is 16.3 Å². The van der Waals surface area contributed by atoms with Crippen molar-refractivity contribution in [2.75, 3.05) is 13.7 Å². The van der Waals surface area contributed by atoms with Gasteiger partial charge in [0, 0.05) is 11.4 Å². The number of nitrogens with zero attached hydrogens (tertiary/aromatic N) is 1. The summed E-state index contributed by atoms with van der Waals surface area (Å²) in [5.74, 6) is 1.75. The van der Waals surface area contributed by atoms with Gasteiger partial charge in [0.15, 0.2) is 0 Å². The van der Waals surface area contributed by atoms with E-state index in [9.17, 15) is 4.79 Å². The van der Waals surface area contributed by atoms with Crippen molar-refractivity contribution in [3.05, 3.63) is 58.1 Å². The summed E-state index contributed by atoms with van der Waals surface area (Å²) in [5.41, 5.74) is 1.42. The summed E-state index contributed by atoms with van der Waals surface area (Å²) in [5, 5.41) is 4.97. The van der Waals surface area contributed by atoms with Crippen molar-refractivity contribution in [1.82, 2.24) is 10.3 Å². The molecule has 1 aromatic carbocycles. The third-order valence-electron chi connectivity index (χ3n) is 3.83. The molecular formula is C19H20N2O3S. The normalized spacial score (nSPS) is 10.6. The van der Waals surface area contributed by atoms with Crippen molar-refractivity contribution >= 4 is 17.2 Å². The van der Waals surface area contributed by atoms with Gasteiger partial charge in [-0.05, 0) is 36.9 Å². The molecule has 130 valence electrons. The van der Waals surface area contributed by atoms with Gasteiger partial charge in [0.25, 0.3) is 0 Å². The maximum Gasteiger partial charge on any atom is 0.230 e. The van der Waals surface area contributed by atoms with Gasteiger partial charge in [0.1, 0.15) is 11.5 Å². The highest BCUT2D eigenvalue weighted by Gasteiger charge is 2.17. The van der Waals surface area contributed by atoms with Crippen LogP contribution in [-0.2, 0) is 17.6 Å². The number of para-hydroxylation sites is 1. The number of carbonyl (C=O) groups is 1. The molecule has 0 unspecified atom stereocenters. The summed E-state index contributed by atoms with van der Waals surface area (Å²) in [7, 11) is 1.61. The largest absolute Gasteiger partial charge is 0.496 e. The summed E-state index contributed by atoms with van der Waals surface area (Å²) in [6, 6.07) is 11.6. The molecule has 0 saturated carbocycles. The Kier molecular flexibility index (Phi) is 5.50. The van der Waals surface area contributed by atoms with E-state index in [1.165, 1.54) is 4.88 Å². The molecule has 6 heteroatoms. The fourth-order valence-corrected chi connectivity index (χ4v) is 3.23. The fraction of sp³-hybridized carbons (Fsp3) is 0.263. The van der Waals surface area contributed by atoms with Crippen LogP contribution in [0.4, 0.5) is 0 Å². The van der Waals surface area contributed by atoms with Crippen molar-refractivity contribution in [1.29, 1.82) is 0 Å². The highest BCUT2D eigenvalue weighted by atomic mass is 32.1. The lowest BCUT2D eigenvalue weighted by Crippen LogP contribution is -2.27. The molecule has 3 aromatic rings. The van der Waals surface area contributed by atoms with E-state index in [-0.39, 0.29) is 12.3 Å². The smallest absolute Gasteiger partial charge is 0.230 e. The van der Waals surface area contributed by atoms with Crippen LogP contribution in [0.3, 0.4) is 0 Å². The molecule has 0 saturated heterocycles. The molecule has 0 aliphatic heterocycles. The van der Waals surface area contributed by atoms with Gasteiger partial charge >= 0.3 is 0 Å². The van der Waals surface area contributed by atoms with E-state index in [0.29, 0.717) is 29.6 Å². The van der Waals surface area contributed by atoms with Crippen molar-refractivity contribution in [2.24, 2.45) is 0 Å². The molecule has 0 bridgehead atoms. The zero-order chi connectivity index (χ0) is 17.6. The highest BCUT2D eigenvalue weighted by molar-refractivity contribution is 7.09. The lowest BCUT2D eigenvalue weighted by molar-refractivity contribution is -0.120. The van der Waals surface area contributed by atoms with Crippen LogP contribution >= 0.6 is 11.3 Å². The fourth-order valence-electron chi connectivity index (χ4n) is 2.52. The molecule has 2 aromatic heterocycles. The molecule has 5 nitrogen and oxygen atoms in total. The molecule has 25 heavy (non-hydrogen) atoms. The van der Waals surface area contributed by atoms with E-state index in [1.807, 2.05) is 42.6 Å². The van der Waals surface area contributed by atoms with Crippen LogP contribution in [0.25, 0.3) is 11.5 Å². The molecule has 0 radical (unpaired) electrons. The van der Waals surface area contributed by atoms with E-state index in [2.05, 4.69) is 16.4 Å². The number of amides is 1. The summed E-state index contributed by atoms with van der Waals surface area (Å²) in [6.07, 6.45) is 1.04. The first-order chi connectivity index (χ1) is 12.2. The van der Waals surface area contributed by atoms with E-state index < -0.39 is 0 Å². The van der Waals surface area contributed by atoms with Crippen LogP contribution in [-0.4, -0.2) is 24.5 Å². The summed E-state index contributed by atoms with van der Waals surface area (Å²) in [4.78, 5) is 17.9. The summed E-state index contributed by atoms with van der Waals surface area (Å²) >= 11 is 1.69. The number of oxazole rings is 1. The number of thiophene rings is 1. The standard InChI is InChI=1S/C19H20N2O3S/c1-13-16(12-18(22)20-10-9-14-6-5-11-25-14)21-19(24-13)15-7-3-4-8-17(15)23-2/h3-8,11H,9-10,12H2,1-2H3,(H,20,22). The number of nitrogens with one attached hydrogen (secondary N) is 1. The third kappa shape index (κ3) is 4.28. The topological polar surface area (TPSA) is 64.4 Å². The molecule has 0 spiro atoms. The van der Waals surface area contributed by atoms with Gasteiger partial charge in [-0.2, -0.15) is 0 Å². The van der Waals surface area contributed by atoms with E-state index in [4.69, 9.17) is 9.15 Å². The quantitative estimate of drug-likeness (QED) is 0.702. The van der Waals surface area contributed by atoms with Crippen LogP contribution in [0, 0.1) is 6.92 Å². The third-order valence-corrected chi connectivity index (χ3v) is 4.77. The number of aromatic nitrogens is 1. The second-order valence-corrected chi connectivity index (χ2v) is 6.61. The minimum absolute atomic E-state index is 0.0560. The van der Waals surface area contributed by atoms with Gasteiger partial charge in [-0.15, -0.1) is 11.3 Å². The lowest BCUT2D eigenvalue weighted by atomic mass is 10.2. The van der Waals surface area contributed by atoms with Crippen LogP contribution < -0.4 is 10.1 Å². The zero-order valence-corrected chi connectivity index (χ0v) is 15.1. The van der Waals surface area contributed by atoms with Crippen molar-refractivity contribution < 1.29 is 13.9 Å². The lowest BCUT2D eigenvalue weighted by Gasteiger charge is -2.04. The number of rotatable bonds is 7. The summed E-state index contributed by atoms with van der Waals surface area (Å²) < 4.78 is 11.1. The van der Waals surface area contributed by atoms with E-state index in [0.717, 1.165) is 12.0 Å². The number of hydrogen-bond acceptors (Lipinski definition) is 5. The predicted molar refractivity (Wildman–Crippen MR) is 98.0 cm³/mol. The Morgan fingerprint density at radius 2 is 2.12 bits per heavy atom. The average molecular weight is 356 g/mol. The second-order valence-electron chi connectivity index (χ2n) is 5.58. The van der Waals surface area contributed by atoms with Gasteiger partial charge in [-0.1, -0.05) is 18.2 Å². The molecule has 2 heterocycles. The number of aryl methyl sites for hydroxylation is 1. The molecule has 0 aliphatic carbocycles. The predicted octanol–water partition coefficient (Wildman–Crippen LogP) is 3.62. The number of methoxy groups -OCH3 is 1. The number of hydrogen-bond donors (Lipinski definition) is 1. The molecule has 0 atom stereocenters. The Labute approximate surface area is 150 Å². The van der Waals surface area contributed by atoms with Gasteiger partial charge in [0.05, 0.1) is 24.8 Å². The molecule has 0 aliphatic rings. The Hall–Kier alpha value is -2.60. The summed E-state index contributed by atoms with van der Waals surface area (Å²) in [6.45, 7) is 2.44. The minimum atomic E-state index is -0.0560. The average Bonchev–Trinajstić information content (AvgIpc) is 3.25. The maximum atomic E-state index is 12.1. The first kappa shape index (κ1) is 17.2. The Morgan fingerprint density at radius 3 is 2.88 bits per heavy atom. The number of benzene rings is 1. The second kappa shape index (κ2) is 7.98. The maximum absolute atomic E-state index is 12.1. The SMILES string of the molecule is COc1ccccc1-c1nc(CC(=O)NCCc2cccs2)c(C)o1. The van der Waals surface area contributed by atoms with Gasteiger partial charge < -0.3 is 14.5 Å². The molecule has 0 fully saturated rings. The number of ether oxygens (including phenoxy) is 1. The Balaban J connectivity index is 1.63. The minimum Gasteiger partial charge on any atom is -0.496 e. The monoisotopic (exact) mass is 356 g/mol. The van der Waals surface area contributed by atoms with Crippen LogP contribution in [0.2, 0.25) is 0 Å². The van der Waals surface area contributed by atoms with Crippen LogP contribution in [0.5, 0.6) is 5.75 Å². The van der Waals surface area contributed by atoms with Gasteiger partial charge in [0.2, 0.25) is 11.8 Å². The Morgan fingerprint density at radius 1 is 1.28 bits per heavy atom. The van der Waals surface area contributed by atoms with Crippen molar-refractivity contribution in [2.45, 2.75) is 19.8 Å². The van der Waals surface area contributed by atoms with E-state index >= 15 is 0 Å². The molecular weight excluding hydrogens is 336 g/mol. The van der Waals surface area contributed by atoms with Crippen molar-refractivity contribution in [3.8, 4) is 17.2 Å². The Bertz CT molecular complexity index is 840. The molecule has 1 amide bonds. The van der Waals surface area contributed by atoms with E-state index in [1.54, 1.807) is 18.4 Å². The first-order valence-corrected chi connectivity index (χ1v) is 8.94. The van der Waals surface area contributed by atoms with Gasteiger partial charge in [-0.3, -0.25) is 4.79 Å². The highest BCUT2D eigenvalue weighted by Crippen LogP contribution is 2.30. The molecule has 3 rings (SSSR count). The molecule has 1 N–H and O–H groups in total. The van der Waals surface area contributed by atoms with Crippen LogP contribution in [0.15, 0.2) is 46.2 Å². The van der Waals surface area contributed by atoms with Crippen molar-refractivity contribution in [3.63, 3.8) is 0 Å². The van der Waals surface area contributed by atoms with Gasteiger partial charge in [-0.25, -0.2) is 4.98 Å².